The molecule has 27 heavy (non-hydrogen) atoms. The second-order valence-corrected chi connectivity index (χ2v) is 6.58. The molecule has 138 valence electrons. The van der Waals surface area contributed by atoms with E-state index in [0.29, 0.717) is 12.2 Å². The molecule has 3 aromatic rings. The van der Waals surface area contributed by atoms with E-state index in [4.69, 9.17) is 0 Å². The molecule has 0 saturated carbocycles. The van der Waals surface area contributed by atoms with Gasteiger partial charge in [0.25, 0.3) is 5.69 Å². The van der Waals surface area contributed by atoms with Crippen LogP contribution in [-0.2, 0) is 11.3 Å². The number of hydrogen-bond donors (Lipinski definition) is 0. The molecule has 0 heterocycles. The van der Waals surface area contributed by atoms with E-state index in [0.717, 1.165) is 5.56 Å². The Balaban J connectivity index is 1.62. The van der Waals surface area contributed by atoms with Crippen LogP contribution in [0.2, 0.25) is 0 Å². The molecular formula is C21H21N3O3. The van der Waals surface area contributed by atoms with E-state index >= 15 is 0 Å². The quantitative estimate of drug-likeness (QED) is 0.493. The van der Waals surface area contributed by atoms with E-state index in [1.807, 2.05) is 24.1 Å². The van der Waals surface area contributed by atoms with E-state index in [1.54, 1.807) is 19.2 Å². The summed E-state index contributed by atoms with van der Waals surface area (Å²) in [4.78, 5) is 26.3. The summed E-state index contributed by atoms with van der Waals surface area (Å²) >= 11 is 0. The summed E-state index contributed by atoms with van der Waals surface area (Å²) in [7, 11) is 3.57. The molecular weight excluding hydrogens is 342 g/mol. The van der Waals surface area contributed by atoms with Gasteiger partial charge in [0.05, 0.1) is 11.5 Å². The Kier molecular flexibility index (Phi) is 5.47. The van der Waals surface area contributed by atoms with Gasteiger partial charge in [-0.15, -0.1) is 0 Å². The Morgan fingerprint density at radius 3 is 2.30 bits per heavy atom. The van der Waals surface area contributed by atoms with Crippen molar-refractivity contribution in [3.8, 4) is 0 Å². The van der Waals surface area contributed by atoms with Crippen LogP contribution in [0.5, 0.6) is 0 Å². The van der Waals surface area contributed by atoms with Crippen LogP contribution >= 0.6 is 0 Å². The zero-order chi connectivity index (χ0) is 19.4. The number of amides is 1. The van der Waals surface area contributed by atoms with Gasteiger partial charge in [-0.25, -0.2) is 0 Å². The first kappa shape index (κ1) is 18.5. The fourth-order valence-electron chi connectivity index (χ4n) is 2.98. The van der Waals surface area contributed by atoms with E-state index in [-0.39, 0.29) is 18.1 Å². The molecule has 0 spiro atoms. The zero-order valence-electron chi connectivity index (χ0n) is 15.3. The van der Waals surface area contributed by atoms with E-state index in [2.05, 4.69) is 30.3 Å². The van der Waals surface area contributed by atoms with Crippen LogP contribution in [0.4, 0.5) is 11.4 Å². The topological polar surface area (TPSA) is 66.7 Å². The molecule has 0 unspecified atom stereocenters. The number of nitrogens with zero attached hydrogens (tertiary/aromatic N) is 3. The molecule has 0 aliphatic carbocycles. The molecule has 0 aliphatic heterocycles. The fraction of sp³-hybridized carbons (Fsp3) is 0.190. The maximum atomic E-state index is 12.5. The Bertz CT molecular complexity index is 970. The molecule has 0 saturated heterocycles. The number of nitro benzene ring substituents is 1. The van der Waals surface area contributed by atoms with Crippen molar-refractivity contribution in [2.75, 3.05) is 25.5 Å². The molecule has 6 nitrogen and oxygen atoms in total. The van der Waals surface area contributed by atoms with Crippen molar-refractivity contribution in [2.24, 2.45) is 0 Å². The molecule has 6 heteroatoms. The average Bonchev–Trinajstić information content (AvgIpc) is 2.67. The molecule has 0 fully saturated rings. The number of carbonyl (C=O) groups is 1. The van der Waals surface area contributed by atoms with Crippen molar-refractivity contribution in [3.63, 3.8) is 0 Å². The third-order valence-corrected chi connectivity index (χ3v) is 4.49. The third kappa shape index (κ3) is 4.48. The Morgan fingerprint density at radius 1 is 0.963 bits per heavy atom. The molecule has 0 aromatic heterocycles. The summed E-state index contributed by atoms with van der Waals surface area (Å²) in [5, 5.41) is 13.1. The maximum Gasteiger partial charge on any atom is 0.269 e. The Hall–Kier alpha value is -3.25. The second-order valence-electron chi connectivity index (χ2n) is 6.58. The summed E-state index contributed by atoms with van der Waals surface area (Å²) in [6.07, 6.45) is 0. The van der Waals surface area contributed by atoms with Crippen molar-refractivity contribution in [2.45, 2.75) is 6.54 Å². The number of fused-ring (bicyclic) bond motifs is 1. The highest BCUT2D eigenvalue weighted by Gasteiger charge is 2.15. The van der Waals surface area contributed by atoms with Gasteiger partial charge in [0.15, 0.2) is 0 Å². The van der Waals surface area contributed by atoms with Gasteiger partial charge in [-0.3, -0.25) is 19.8 Å². The smallest absolute Gasteiger partial charge is 0.269 e. The van der Waals surface area contributed by atoms with Crippen LogP contribution in [0, 0.1) is 10.1 Å². The molecule has 1 amide bonds. The number of carbonyl (C=O) groups excluding carboxylic acids is 1. The number of hydrogen-bond acceptors (Lipinski definition) is 4. The van der Waals surface area contributed by atoms with E-state index in [9.17, 15) is 14.9 Å². The summed E-state index contributed by atoms with van der Waals surface area (Å²) in [6, 6.07) is 20.4. The van der Waals surface area contributed by atoms with Crippen LogP contribution in [0.3, 0.4) is 0 Å². The normalized spacial score (nSPS) is 10.9. The van der Waals surface area contributed by atoms with Gasteiger partial charge in [0.2, 0.25) is 5.91 Å². The lowest BCUT2D eigenvalue weighted by atomic mass is 10.1. The predicted molar refractivity (Wildman–Crippen MR) is 107 cm³/mol. The largest absolute Gasteiger partial charge is 0.314 e. The van der Waals surface area contributed by atoms with Crippen LogP contribution in [0.25, 0.3) is 10.8 Å². The monoisotopic (exact) mass is 363 g/mol. The fourth-order valence-corrected chi connectivity index (χ4v) is 2.98. The number of rotatable bonds is 6. The highest BCUT2D eigenvalue weighted by molar-refractivity contribution is 5.94. The number of likely N-dealkylation sites (N-methyl/N-ethyl adjacent to an activating group) is 2. The zero-order valence-corrected chi connectivity index (χ0v) is 15.3. The molecule has 0 N–H and O–H groups in total. The van der Waals surface area contributed by atoms with Crippen molar-refractivity contribution in [3.05, 3.63) is 82.4 Å². The summed E-state index contributed by atoms with van der Waals surface area (Å²) in [5.41, 5.74) is 1.78. The average molecular weight is 363 g/mol. The number of benzene rings is 3. The van der Waals surface area contributed by atoms with Gasteiger partial charge in [-0.1, -0.05) is 36.4 Å². The van der Waals surface area contributed by atoms with Gasteiger partial charge in [0, 0.05) is 31.4 Å². The first-order valence-electron chi connectivity index (χ1n) is 8.61. The third-order valence-electron chi connectivity index (χ3n) is 4.49. The molecule has 0 bridgehead atoms. The van der Waals surface area contributed by atoms with Gasteiger partial charge >= 0.3 is 0 Å². The SMILES string of the molecule is CN(CC(=O)N(C)c1ccc([N+](=O)[O-])cc1)Cc1ccc2ccccc2c1. The van der Waals surface area contributed by atoms with Crippen LogP contribution in [0.1, 0.15) is 5.56 Å². The molecule has 0 aliphatic rings. The van der Waals surface area contributed by atoms with Crippen molar-refractivity contribution >= 4 is 28.1 Å². The van der Waals surface area contributed by atoms with Gasteiger partial charge in [0.1, 0.15) is 0 Å². The number of non-ortho nitro benzene ring substituents is 1. The summed E-state index contributed by atoms with van der Waals surface area (Å²) in [5.74, 6) is -0.0767. The lowest BCUT2D eigenvalue weighted by molar-refractivity contribution is -0.384. The minimum Gasteiger partial charge on any atom is -0.314 e. The van der Waals surface area contributed by atoms with Crippen LogP contribution < -0.4 is 4.90 Å². The van der Waals surface area contributed by atoms with Gasteiger partial charge < -0.3 is 4.90 Å². The Morgan fingerprint density at radius 2 is 1.63 bits per heavy atom. The highest BCUT2D eigenvalue weighted by atomic mass is 16.6. The van der Waals surface area contributed by atoms with E-state index in [1.165, 1.54) is 27.8 Å². The standard InChI is InChI=1S/C21H21N3O3/c1-22(14-16-7-8-17-5-3-4-6-18(17)13-16)15-21(25)23(2)19-9-11-20(12-10-19)24(26)27/h3-13H,14-15H2,1-2H3. The lowest BCUT2D eigenvalue weighted by Crippen LogP contribution is -2.36. The Labute approximate surface area is 157 Å². The van der Waals surface area contributed by atoms with Crippen molar-refractivity contribution < 1.29 is 9.72 Å². The molecule has 3 rings (SSSR count). The van der Waals surface area contributed by atoms with Crippen LogP contribution in [-0.4, -0.2) is 36.4 Å². The second kappa shape index (κ2) is 7.97. The molecule has 3 aromatic carbocycles. The summed E-state index contributed by atoms with van der Waals surface area (Å²) < 4.78 is 0. The molecule has 0 atom stereocenters. The highest BCUT2D eigenvalue weighted by Crippen LogP contribution is 2.19. The molecule has 0 radical (unpaired) electrons. The van der Waals surface area contributed by atoms with Crippen molar-refractivity contribution in [1.29, 1.82) is 0 Å². The first-order chi connectivity index (χ1) is 12.9. The van der Waals surface area contributed by atoms with Crippen LogP contribution in [0.15, 0.2) is 66.7 Å². The predicted octanol–water partition coefficient (Wildman–Crippen LogP) is 3.84. The maximum absolute atomic E-state index is 12.5. The summed E-state index contributed by atoms with van der Waals surface area (Å²) in [6.45, 7) is 0.908. The minimum atomic E-state index is -0.455. The van der Waals surface area contributed by atoms with E-state index < -0.39 is 4.92 Å². The first-order valence-corrected chi connectivity index (χ1v) is 8.61. The van der Waals surface area contributed by atoms with Gasteiger partial charge in [-0.05, 0) is 41.6 Å². The van der Waals surface area contributed by atoms with Gasteiger partial charge in [-0.2, -0.15) is 0 Å². The van der Waals surface area contributed by atoms with Crippen molar-refractivity contribution in [1.82, 2.24) is 4.90 Å². The lowest BCUT2D eigenvalue weighted by Gasteiger charge is -2.22. The minimum absolute atomic E-state index is 0.00743. The number of nitro groups is 1. The number of anilines is 1.